The van der Waals surface area contributed by atoms with Crippen molar-refractivity contribution in [3.8, 4) is 11.5 Å². The van der Waals surface area contributed by atoms with E-state index >= 15 is 0 Å². The molecule has 0 radical (unpaired) electrons. The van der Waals surface area contributed by atoms with Crippen LogP contribution in [0.15, 0.2) is 36.4 Å². The van der Waals surface area contributed by atoms with Crippen LogP contribution in [0.4, 0.5) is 10.1 Å². The molecule has 0 spiro atoms. The number of ether oxygens (including phenoxy) is 2. The van der Waals surface area contributed by atoms with Gasteiger partial charge in [-0.25, -0.2) is 4.39 Å². The largest absolute Gasteiger partial charge is 0.493 e. The maximum Gasteiger partial charge on any atom is 0.303 e. The molecule has 0 aliphatic carbocycles. The number of ketones is 1. The molecule has 1 N–H and O–H groups in total. The van der Waals surface area contributed by atoms with Gasteiger partial charge in [-0.2, -0.15) is 0 Å². The zero-order valence-electron chi connectivity index (χ0n) is 15.5. The number of carbonyl (C=O) groups is 2. The zero-order valence-corrected chi connectivity index (χ0v) is 15.5. The van der Waals surface area contributed by atoms with Gasteiger partial charge in [0, 0.05) is 5.56 Å². The van der Waals surface area contributed by atoms with Gasteiger partial charge in [-0.1, -0.05) is 0 Å². The molecule has 7 heteroatoms. The number of methoxy groups -OCH3 is 1. The lowest BCUT2D eigenvalue weighted by Gasteiger charge is -2.22. The standard InChI is InChI=1S/C20H21FN2O4/c1-4-27-17-8-5-13(9-18(17)26-3)11-22(2)12-23-16-10-14(21)6-7-15(16)19(24)20(23)25/h5-10H,4,11-12H2,1-3H3/p+1. The van der Waals surface area contributed by atoms with Gasteiger partial charge in [-0.05, 0) is 43.3 Å². The van der Waals surface area contributed by atoms with Crippen LogP contribution in [-0.4, -0.2) is 39.1 Å². The molecule has 1 unspecified atom stereocenters. The number of anilines is 1. The van der Waals surface area contributed by atoms with Gasteiger partial charge in [-0.3, -0.25) is 14.5 Å². The summed E-state index contributed by atoms with van der Waals surface area (Å²) in [4.78, 5) is 26.7. The van der Waals surface area contributed by atoms with Crippen LogP contribution in [0.2, 0.25) is 0 Å². The summed E-state index contributed by atoms with van der Waals surface area (Å²) in [5.74, 6) is -0.386. The lowest BCUT2D eigenvalue weighted by Crippen LogP contribution is -3.09. The molecule has 27 heavy (non-hydrogen) atoms. The Bertz CT molecular complexity index is 884. The van der Waals surface area contributed by atoms with E-state index in [4.69, 9.17) is 9.47 Å². The summed E-state index contributed by atoms with van der Waals surface area (Å²) in [5, 5.41) is 0. The van der Waals surface area contributed by atoms with Gasteiger partial charge in [0.25, 0.3) is 5.78 Å². The Balaban J connectivity index is 1.75. The smallest absolute Gasteiger partial charge is 0.303 e. The number of rotatable bonds is 7. The Morgan fingerprint density at radius 1 is 1.11 bits per heavy atom. The minimum Gasteiger partial charge on any atom is -0.493 e. The molecule has 1 aliphatic heterocycles. The first kappa shape index (κ1) is 18.8. The van der Waals surface area contributed by atoms with Crippen LogP contribution < -0.4 is 19.3 Å². The van der Waals surface area contributed by atoms with E-state index in [0.29, 0.717) is 30.3 Å². The summed E-state index contributed by atoms with van der Waals surface area (Å²) in [5.41, 5.74) is 1.57. The van der Waals surface area contributed by atoms with Crippen LogP contribution in [0.25, 0.3) is 0 Å². The highest BCUT2D eigenvalue weighted by molar-refractivity contribution is 6.52. The van der Waals surface area contributed by atoms with Crippen LogP contribution in [0.5, 0.6) is 11.5 Å². The van der Waals surface area contributed by atoms with E-state index < -0.39 is 17.5 Å². The van der Waals surface area contributed by atoms with Crippen LogP contribution in [0, 0.1) is 5.82 Å². The molecule has 142 valence electrons. The SMILES string of the molecule is CCOc1ccc(C[NH+](C)CN2C(=O)C(=O)c3ccc(F)cc32)cc1OC. The number of Topliss-reactive ketones (excluding diaryl/α,β-unsaturated/α-hetero) is 1. The van der Waals surface area contributed by atoms with E-state index in [9.17, 15) is 14.0 Å². The molecule has 0 bridgehead atoms. The number of hydrogen-bond acceptors (Lipinski definition) is 4. The number of benzene rings is 2. The van der Waals surface area contributed by atoms with Gasteiger partial charge in [0.05, 0.1) is 32.0 Å². The second kappa shape index (κ2) is 7.75. The quantitative estimate of drug-likeness (QED) is 0.746. The molecule has 3 rings (SSSR count). The second-order valence-electron chi connectivity index (χ2n) is 6.43. The molecule has 1 atom stereocenters. The van der Waals surface area contributed by atoms with Crippen molar-refractivity contribution in [1.29, 1.82) is 0 Å². The minimum atomic E-state index is -0.626. The molecule has 2 aromatic rings. The summed E-state index contributed by atoms with van der Waals surface area (Å²) >= 11 is 0. The number of nitrogens with zero attached hydrogens (tertiary/aromatic N) is 1. The number of quaternary nitrogens is 1. The zero-order chi connectivity index (χ0) is 19.6. The summed E-state index contributed by atoms with van der Waals surface area (Å²) < 4.78 is 24.4. The number of halogens is 1. The van der Waals surface area contributed by atoms with Crippen molar-refractivity contribution in [3.63, 3.8) is 0 Å². The van der Waals surface area contributed by atoms with E-state index in [2.05, 4.69) is 0 Å². The van der Waals surface area contributed by atoms with Crippen molar-refractivity contribution in [3.05, 3.63) is 53.3 Å². The maximum atomic E-state index is 13.6. The van der Waals surface area contributed by atoms with Crippen LogP contribution in [0.3, 0.4) is 0 Å². The third-order valence-corrected chi connectivity index (χ3v) is 4.40. The molecule has 0 aromatic heterocycles. The van der Waals surface area contributed by atoms with Gasteiger partial charge in [-0.15, -0.1) is 0 Å². The van der Waals surface area contributed by atoms with E-state index in [1.165, 1.54) is 23.1 Å². The number of hydrogen-bond donors (Lipinski definition) is 1. The van der Waals surface area contributed by atoms with E-state index in [1.807, 2.05) is 32.2 Å². The Morgan fingerprint density at radius 2 is 1.89 bits per heavy atom. The van der Waals surface area contributed by atoms with Crippen molar-refractivity contribution >= 4 is 17.4 Å². The lowest BCUT2D eigenvalue weighted by atomic mass is 10.1. The second-order valence-corrected chi connectivity index (χ2v) is 6.43. The monoisotopic (exact) mass is 373 g/mol. The summed E-state index contributed by atoms with van der Waals surface area (Å²) in [6.45, 7) is 3.28. The van der Waals surface area contributed by atoms with Crippen molar-refractivity contribution in [2.75, 3.05) is 32.3 Å². The topological polar surface area (TPSA) is 60.3 Å². The highest BCUT2D eigenvalue weighted by Gasteiger charge is 2.37. The van der Waals surface area contributed by atoms with Crippen LogP contribution >= 0.6 is 0 Å². The highest BCUT2D eigenvalue weighted by atomic mass is 19.1. The molecule has 0 saturated carbocycles. The van der Waals surface area contributed by atoms with E-state index in [0.717, 1.165) is 10.5 Å². The fourth-order valence-electron chi connectivity index (χ4n) is 3.20. The number of amides is 1. The van der Waals surface area contributed by atoms with Gasteiger partial charge in [0.2, 0.25) is 0 Å². The predicted octanol–water partition coefficient (Wildman–Crippen LogP) is 1.43. The van der Waals surface area contributed by atoms with Gasteiger partial charge < -0.3 is 14.4 Å². The Morgan fingerprint density at radius 3 is 2.59 bits per heavy atom. The third-order valence-electron chi connectivity index (χ3n) is 4.40. The van der Waals surface area contributed by atoms with Crippen molar-refractivity contribution in [2.24, 2.45) is 0 Å². The summed E-state index contributed by atoms with van der Waals surface area (Å²) in [6, 6.07) is 9.44. The van der Waals surface area contributed by atoms with Crippen LogP contribution in [-0.2, 0) is 11.3 Å². The Labute approximate surface area is 157 Å². The Kier molecular flexibility index (Phi) is 5.41. The first-order chi connectivity index (χ1) is 12.9. The van der Waals surface area contributed by atoms with Crippen molar-refractivity contribution < 1.29 is 28.4 Å². The molecular weight excluding hydrogens is 351 g/mol. The third kappa shape index (κ3) is 3.78. The average molecular weight is 373 g/mol. The summed E-state index contributed by atoms with van der Waals surface area (Å²) in [6.07, 6.45) is 0. The molecular formula is C20H22FN2O4+. The number of nitrogens with one attached hydrogen (secondary N) is 1. The average Bonchev–Trinajstić information content (AvgIpc) is 2.87. The van der Waals surface area contributed by atoms with Gasteiger partial charge in [0.15, 0.2) is 18.2 Å². The molecule has 0 fully saturated rings. The fraction of sp³-hybridized carbons (Fsp3) is 0.300. The van der Waals surface area contributed by atoms with E-state index in [-0.39, 0.29) is 12.2 Å². The lowest BCUT2D eigenvalue weighted by molar-refractivity contribution is -0.892. The molecule has 0 saturated heterocycles. The predicted molar refractivity (Wildman–Crippen MR) is 97.8 cm³/mol. The number of carbonyl (C=O) groups excluding carboxylic acids is 2. The molecule has 2 aromatic carbocycles. The number of fused-ring (bicyclic) bond motifs is 1. The van der Waals surface area contributed by atoms with Crippen molar-refractivity contribution in [2.45, 2.75) is 13.5 Å². The van der Waals surface area contributed by atoms with Crippen LogP contribution in [0.1, 0.15) is 22.8 Å². The first-order valence-corrected chi connectivity index (χ1v) is 8.71. The van der Waals surface area contributed by atoms with Gasteiger partial charge in [0.1, 0.15) is 12.4 Å². The van der Waals surface area contributed by atoms with Crippen molar-refractivity contribution in [1.82, 2.24) is 0 Å². The maximum absolute atomic E-state index is 13.6. The Hall–Kier alpha value is -2.93. The molecule has 1 aliphatic rings. The van der Waals surface area contributed by atoms with Gasteiger partial charge >= 0.3 is 5.91 Å². The molecule has 6 nitrogen and oxygen atoms in total. The first-order valence-electron chi connectivity index (χ1n) is 8.71. The molecule has 1 amide bonds. The van der Waals surface area contributed by atoms with E-state index in [1.54, 1.807) is 7.11 Å². The minimum absolute atomic E-state index is 0.247. The normalized spacial score (nSPS) is 14.3. The summed E-state index contributed by atoms with van der Waals surface area (Å²) in [7, 11) is 3.48. The fourth-order valence-corrected chi connectivity index (χ4v) is 3.20. The highest BCUT2D eigenvalue weighted by Crippen LogP contribution is 2.29. The molecule has 1 heterocycles.